The molecule has 1 aromatic carbocycles. The van der Waals surface area contributed by atoms with E-state index in [2.05, 4.69) is 56.0 Å². The normalized spacial score (nSPS) is 14.1. The van der Waals surface area contributed by atoms with E-state index in [0.717, 1.165) is 65.8 Å². The minimum absolute atomic E-state index is 0.630. The largest absolute Gasteiger partial charge is 0.378 e. The van der Waals surface area contributed by atoms with Crippen LogP contribution >= 0.6 is 11.3 Å². The molecule has 0 unspecified atom stereocenters. The minimum atomic E-state index is 0.630. The lowest BCUT2D eigenvalue weighted by atomic mass is 10.2. The second-order valence-electron chi connectivity index (χ2n) is 8.60. The molecule has 1 N–H and O–H groups in total. The summed E-state index contributed by atoms with van der Waals surface area (Å²) in [4.78, 5) is 16.9. The van der Waals surface area contributed by atoms with Gasteiger partial charge in [0.05, 0.1) is 30.2 Å². The number of thiophene rings is 1. The zero-order valence-electron chi connectivity index (χ0n) is 19.9. The van der Waals surface area contributed by atoms with Crippen LogP contribution in [0.2, 0.25) is 0 Å². The molecular weight excluding hydrogens is 460 g/mol. The van der Waals surface area contributed by atoms with E-state index in [1.165, 1.54) is 5.69 Å². The van der Waals surface area contributed by atoms with Crippen molar-refractivity contribution in [1.82, 2.24) is 29.3 Å². The van der Waals surface area contributed by atoms with E-state index in [9.17, 15) is 0 Å². The van der Waals surface area contributed by atoms with Crippen molar-refractivity contribution >= 4 is 39.7 Å². The number of imidazole rings is 1. The van der Waals surface area contributed by atoms with Crippen molar-refractivity contribution in [3.63, 3.8) is 0 Å². The summed E-state index contributed by atoms with van der Waals surface area (Å²) in [6, 6.07) is 10.5. The Morgan fingerprint density at radius 1 is 1.00 bits per heavy atom. The van der Waals surface area contributed by atoms with Gasteiger partial charge in [-0.15, -0.1) is 0 Å². The van der Waals surface area contributed by atoms with Crippen molar-refractivity contribution in [3.8, 4) is 17.1 Å². The minimum Gasteiger partial charge on any atom is -0.378 e. The molecule has 1 fully saturated rings. The highest BCUT2D eigenvalue weighted by molar-refractivity contribution is 7.08. The van der Waals surface area contributed by atoms with Gasteiger partial charge in [-0.1, -0.05) is 0 Å². The number of nitrogens with zero attached hydrogens (tertiary/aromatic N) is 7. The third-order valence-corrected chi connectivity index (χ3v) is 7.09. The first-order valence-corrected chi connectivity index (χ1v) is 12.5. The first-order valence-electron chi connectivity index (χ1n) is 11.6. The van der Waals surface area contributed by atoms with Gasteiger partial charge < -0.3 is 15.0 Å². The molecule has 0 radical (unpaired) electrons. The van der Waals surface area contributed by atoms with Gasteiger partial charge in [0.25, 0.3) is 0 Å². The average molecular weight is 487 g/mol. The summed E-state index contributed by atoms with van der Waals surface area (Å²) < 4.78 is 9.35. The maximum atomic E-state index is 5.48. The van der Waals surface area contributed by atoms with Crippen molar-refractivity contribution in [2.24, 2.45) is 7.05 Å². The number of aryl methyl sites for hydroxylation is 2. The highest BCUT2D eigenvalue weighted by atomic mass is 32.1. The molecule has 1 saturated heterocycles. The molecule has 1 aliphatic rings. The average Bonchev–Trinajstić information content (AvgIpc) is 3.60. The fourth-order valence-electron chi connectivity index (χ4n) is 4.49. The molecular formula is C25H26N8OS. The summed E-state index contributed by atoms with van der Waals surface area (Å²) in [5.74, 6) is 1.30. The van der Waals surface area contributed by atoms with E-state index in [1.54, 1.807) is 17.7 Å². The number of anilines is 3. The van der Waals surface area contributed by atoms with Crippen LogP contribution in [0.5, 0.6) is 0 Å². The predicted molar refractivity (Wildman–Crippen MR) is 139 cm³/mol. The summed E-state index contributed by atoms with van der Waals surface area (Å²) in [6.07, 6.45) is 1.81. The van der Waals surface area contributed by atoms with Gasteiger partial charge in [-0.2, -0.15) is 16.4 Å². The van der Waals surface area contributed by atoms with Crippen LogP contribution in [0.4, 0.5) is 17.2 Å². The summed E-state index contributed by atoms with van der Waals surface area (Å²) in [7, 11) is 1.94. The number of aromatic nitrogens is 6. The summed E-state index contributed by atoms with van der Waals surface area (Å²) in [5.41, 5.74) is 7.49. The van der Waals surface area contributed by atoms with E-state index in [1.807, 2.05) is 35.5 Å². The highest BCUT2D eigenvalue weighted by Crippen LogP contribution is 2.31. The fourth-order valence-corrected chi connectivity index (χ4v) is 5.12. The number of benzene rings is 1. The molecule has 9 nitrogen and oxygen atoms in total. The number of hydrogen-bond donors (Lipinski definition) is 1. The van der Waals surface area contributed by atoms with Gasteiger partial charge in [0, 0.05) is 42.6 Å². The second-order valence-corrected chi connectivity index (χ2v) is 9.38. The Morgan fingerprint density at radius 3 is 2.49 bits per heavy atom. The van der Waals surface area contributed by atoms with Gasteiger partial charge in [-0.3, -0.25) is 9.25 Å². The van der Waals surface area contributed by atoms with Crippen LogP contribution in [-0.4, -0.2) is 55.6 Å². The van der Waals surface area contributed by atoms with E-state index in [4.69, 9.17) is 14.7 Å². The molecule has 5 aromatic rings. The van der Waals surface area contributed by atoms with Gasteiger partial charge in [-0.05, 0) is 49.6 Å². The molecule has 10 heteroatoms. The first kappa shape index (κ1) is 21.8. The Kier molecular flexibility index (Phi) is 5.46. The standard InChI is InChI=1S/C25H26N8OS/c1-16-21(17(2)31(3)30-16)23-28-24(22-25(29-23)33(15-26-22)20-8-13-35-14-20)27-18-4-6-19(7-5-18)32-9-11-34-12-10-32/h4-8,13-15H,9-12H2,1-3H3,(H,27,28,29). The zero-order chi connectivity index (χ0) is 23.9. The van der Waals surface area contributed by atoms with Crippen molar-refractivity contribution in [2.75, 3.05) is 36.5 Å². The third kappa shape index (κ3) is 3.94. The van der Waals surface area contributed by atoms with Crippen molar-refractivity contribution in [2.45, 2.75) is 13.8 Å². The first-order chi connectivity index (χ1) is 17.1. The van der Waals surface area contributed by atoms with Crippen molar-refractivity contribution in [3.05, 3.63) is 58.8 Å². The maximum absolute atomic E-state index is 5.48. The Balaban J connectivity index is 1.43. The lowest BCUT2D eigenvalue weighted by molar-refractivity contribution is 0.122. The van der Waals surface area contributed by atoms with Crippen LogP contribution in [0.1, 0.15) is 11.4 Å². The molecule has 4 aromatic heterocycles. The maximum Gasteiger partial charge on any atom is 0.170 e. The van der Waals surface area contributed by atoms with Gasteiger partial charge in [0.2, 0.25) is 0 Å². The molecule has 0 atom stereocenters. The Morgan fingerprint density at radius 2 is 1.80 bits per heavy atom. The fraction of sp³-hybridized carbons (Fsp3) is 0.280. The van der Waals surface area contributed by atoms with Gasteiger partial charge in [-0.25, -0.2) is 15.0 Å². The van der Waals surface area contributed by atoms with Gasteiger partial charge in [0.15, 0.2) is 22.8 Å². The summed E-state index contributed by atoms with van der Waals surface area (Å²) >= 11 is 1.64. The number of hydrogen-bond acceptors (Lipinski definition) is 8. The van der Waals surface area contributed by atoms with Crippen molar-refractivity contribution in [1.29, 1.82) is 0 Å². The Hall–Kier alpha value is -3.76. The molecule has 0 aliphatic carbocycles. The second kappa shape index (κ2) is 8.79. The zero-order valence-corrected chi connectivity index (χ0v) is 20.7. The Labute approximate surface area is 207 Å². The van der Waals surface area contributed by atoms with Crippen LogP contribution in [0.3, 0.4) is 0 Å². The molecule has 178 valence electrons. The lowest BCUT2D eigenvalue weighted by Crippen LogP contribution is -2.36. The molecule has 0 bridgehead atoms. The number of nitrogens with one attached hydrogen (secondary N) is 1. The molecule has 1 aliphatic heterocycles. The van der Waals surface area contributed by atoms with Gasteiger partial charge in [0.1, 0.15) is 6.33 Å². The van der Waals surface area contributed by atoms with Crippen LogP contribution in [0.25, 0.3) is 28.2 Å². The monoisotopic (exact) mass is 486 g/mol. The highest BCUT2D eigenvalue weighted by Gasteiger charge is 2.20. The van der Waals surface area contributed by atoms with Crippen LogP contribution in [0.15, 0.2) is 47.4 Å². The number of fused-ring (bicyclic) bond motifs is 1. The van der Waals surface area contributed by atoms with E-state index >= 15 is 0 Å². The van der Waals surface area contributed by atoms with E-state index in [-0.39, 0.29) is 0 Å². The number of morpholine rings is 1. The third-order valence-electron chi connectivity index (χ3n) is 6.42. The number of rotatable bonds is 5. The lowest BCUT2D eigenvalue weighted by Gasteiger charge is -2.28. The van der Waals surface area contributed by atoms with Crippen LogP contribution in [0, 0.1) is 13.8 Å². The van der Waals surface area contributed by atoms with E-state index in [0.29, 0.717) is 11.6 Å². The SMILES string of the molecule is Cc1nn(C)c(C)c1-c1nc(Nc2ccc(N3CCOCC3)cc2)c2ncn(-c3ccsc3)c2n1. The topological polar surface area (TPSA) is 85.9 Å². The van der Waals surface area contributed by atoms with Gasteiger partial charge >= 0.3 is 0 Å². The van der Waals surface area contributed by atoms with Crippen LogP contribution in [-0.2, 0) is 11.8 Å². The van der Waals surface area contributed by atoms with E-state index < -0.39 is 0 Å². The summed E-state index contributed by atoms with van der Waals surface area (Å²) in [6.45, 7) is 7.38. The number of ether oxygens (including phenoxy) is 1. The van der Waals surface area contributed by atoms with Crippen molar-refractivity contribution < 1.29 is 4.74 Å². The molecule has 6 rings (SSSR count). The van der Waals surface area contributed by atoms with Crippen LogP contribution < -0.4 is 10.2 Å². The Bertz CT molecular complexity index is 1480. The molecule has 35 heavy (non-hydrogen) atoms. The molecule has 0 amide bonds. The molecule has 0 saturated carbocycles. The smallest absolute Gasteiger partial charge is 0.170 e. The predicted octanol–water partition coefficient (Wildman–Crippen LogP) is 4.47. The molecule has 5 heterocycles. The quantitative estimate of drug-likeness (QED) is 0.392. The molecule has 0 spiro atoms. The summed E-state index contributed by atoms with van der Waals surface area (Å²) in [5, 5.41) is 12.2.